The summed E-state index contributed by atoms with van der Waals surface area (Å²) < 4.78 is 13.8. The fourth-order valence-electron chi connectivity index (χ4n) is 1.56. The average molecular weight is 290 g/mol. The van der Waals surface area contributed by atoms with Crippen LogP contribution in [0.5, 0.6) is 0 Å². The lowest BCUT2D eigenvalue weighted by molar-refractivity contribution is 0.0879. The zero-order chi connectivity index (χ0) is 12.3. The fraction of sp³-hybridized carbons (Fsp3) is 0.500. The Morgan fingerprint density at radius 2 is 2.06 bits per heavy atom. The highest BCUT2D eigenvalue weighted by molar-refractivity contribution is 9.10. The predicted molar refractivity (Wildman–Crippen MR) is 66.5 cm³/mol. The highest BCUT2D eigenvalue weighted by Crippen LogP contribution is 2.25. The SMILES string of the molecule is CCC(C)[C@H](O)[C@H](N)c1cc(F)cc(Br)c1. The van der Waals surface area contributed by atoms with Crippen LogP contribution in [-0.4, -0.2) is 11.2 Å². The summed E-state index contributed by atoms with van der Waals surface area (Å²) in [6, 6.07) is 3.91. The Balaban J connectivity index is 2.91. The standard InChI is InChI=1S/C12H17BrFNO/c1-3-7(2)12(16)11(15)8-4-9(13)6-10(14)5-8/h4-7,11-12,16H,3,15H2,1-2H3/t7?,11-,12+/m1/s1. The van der Waals surface area contributed by atoms with Gasteiger partial charge in [0.05, 0.1) is 12.1 Å². The Labute approximate surface area is 104 Å². The van der Waals surface area contributed by atoms with Gasteiger partial charge in [-0.25, -0.2) is 4.39 Å². The molecule has 0 aliphatic carbocycles. The normalized spacial score (nSPS) is 16.9. The fourth-order valence-corrected chi connectivity index (χ4v) is 2.04. The van der Waals surface area contributed by atoms with Crippen molar-refractivity contribution in [1.29, 1.82) is 0 Å². The predicted octanol–water partition coefficient (Wildman–Crippen LogP) is 3.00. The van der Waals surface area contributed by atoms with Gasteiger partial charge in [-0.15, -0.1) is 0 Å². The summed E-state index contributed by atoms with van der Waals surface area (Å²) in [5.74, 6) is -0.256. The van der Waals surface area contributed by atoms with E-state index in [4.69, 9.17) is 5.73 Å². The van der Waals surface area contributed by atoms with Crippen molar-refractivity contribution in [1.82, 2.24) is 0 Å². The second kappa shape index (κ2) is 5.75. The van der Waals surface area contributed by atoms with Crippen molar-refractivity contribution < 1.29 is 9.50 Å². The number of halogens is 2. The van der Waals surface area contributed by atoms with Crippen molar-refractivity contribution in [2.24, 2.45) is 11.7 Å². The van der Waals surface area contributed by atoms with Crippen molar-refractivity contribution >= 4 is 15.9 Å². The Morgan fingerprint density at radius 3 is 2.56 bits per heavy atom. The van der Waals surface area contributed by atoms with Gasteiger partial charge in [0.2, 0.25) is 0 Å². The quantitative estimate of drug-likeness (QED) is 0.895. The smallest absolute Gasteiger partial charge is 0.124 e. The van der Waals surface area contributed by atoms with Gasteiger partial charge in [0, 0.05) is 4.47 Å². The number of nitrogens with two attached hydrogens (primary N) is 1. The molecule has 1 rings (SSSR count). The second-order valence-corrected chi connectivity index (χ2v) is 5.02. The molecule has 0 aliphatic heterocycles. The summed E-state index contributed by atoms with van der Waals surface area (Å²) in [4.78, 5) is 0. The molecular weight excluding hydrogens is 273 g/mol. The zero-order valence-electron chi connectivity index (χ0n) is 9.45. The van der Waals surface area contributed by atoms with Crippen LogP contribution in [0.25, 0.3) is 0 Å². The lowest BCUT2D eigenvalue weighted by Crippen LogP contribution is -2.31. The van der Waals surface area contributed by atoms with Crippen LogP contribution >= 0.6 is 15.9 Å². The van der Waals surface area contributed by atoms with Crippen LogP contribution in [0.1, 0.15) is 31.9 Å². The minimum Gasteiger partial charge on any atom is -0.391 e. The van der Waals surface area contributed by atoms with Crippen LogP contribution in [0.4, 0.5) is 4.39 Å². The number of hydrogen-bond donors (Lipinski definition) is 2. The minimum atomic E-state index is -0.654. The largest absolute Gasteiger partial charge is 0.391 e. The molecule has 0 heterocycles. The Bertz CT molecular complexity index is 339. The molecule has 0 amide bonds. The summed E-state index contributed by atoms with van der Waals surface area (Å²) in [7, 11) is 0. The molecule has 0 bridgehead atoms. The number of benzene rings is 1. The van der Waals surface area contributed by atoms with E-state index in [0.717, 1.165) is 6.42 Å². The molecule has 1 aromatic rings. The van der Waals surface area contributed by atoms with Crippen LogP contribution in [-0.2, 0) is 0 Å². The number of hydrogen-bond acceptors (Lipinski definition) is 2. The van der Waals surface area contributed by atoms with Crippen LogP contribution in [0, 0.1) is 11.7 Å². The van der Waals surface area contributed by atoms with Gasteiger partial charge >= 0.3 is 0 Å². The Hall–Kier alpha value is -0.450. The van der Waals surface area contributed by atoms with Crippen molar-refractivity contribution in [3.05, 3.63) is 34.1 Å². The van der Waals surface area contributed by atoms with E-state index in [1.165, 1.54) is 12.1 Å². The summed E-state index contributed by atoms with van der Waals surface area (Å²) >= 11 is 3.21. The van der Waals surface area contributed by atoms with Crippen LogP contribution in [0.3, 0.4) is 0 Å². The molecule has 0 saturated heterocycles. The van der Waals surface area contributed by atoms with E-state index in [-0.39, 0.29) is 11.7 Å². The van der Waals surface area contributed by atoms with Gasteiger partial charge in [0.15, 0.2) is 0 Å². The molecule has 0 saturated carbocycles. The number of rotatable bonds is 4. The molecule has 0 fully saturated rings. The third-order valence-electron chi connectivity index (χ3n) is 2.86. The first-order valence-corrected chi connectivity index (χ1v) is 6.14. The molecule has 0 aliphatic rings. The van der Waals surface area contributed by atoms with E-state index in [1.807, 2.05) is 13.8 Å². The molecule has 3 atom stereocenters. The minimum absolute atomic E-state index is 0.0945. The van der Waals surface area contributed by atoms with E-state index in [2.05, 4.69) is 15.9 Å². The van der Waals surface area contributed by atoms with E-state index >= 15 is 0 Å². The van der Waals surface area contributed by atoms with Crippen LogP contribution in [0.2, 0.25) is 0 Å². The topological polar surface area (TPSA) is 46.2 Å². The molecule has 2 nitrogen and oxygen atoms in total. The molecule has 0 radical (unpaired) electrons. The van der Waals surface area contributed by atoms with Gasteiger partial charge in [-0.1, -0.05) is 36.2 Å². The first-order valence-electron chi connectivity index (χ1n) is 5.35. The lowest BCUT2D eigenvalue weighted by Gasteiger charge is -2.24. The van der Waals surface area contributed by atoms with Crippen molar-refractivity contribution in [3.63, 3.8) is 0 Å². The first-order chi connectivity index (χ1) is 7.45. The maximum Gasteiger partial charge on any atom is 0.124 e. The molecule has 3 N–H and O–H groups in total. The Morgan fingerprint density at radius 1 is 1.44 bits per heavy atom. The molecule has 1 unspecified atom stereocenters. The summed E-state index contributed by atoms with van der Waals surface area (Å²) in [5.41, 5.74) is 6.53. The maximum atomic E-state index is 13.2. The van der Waals surface area contributed by atoms with Gasteiger partial charge in [0.1, 0.15) is 5.82 Å². The van der Waals surface area contributed by atoms with Gasteiger partial charge in [-0.05, 0) is 29.7 Å². The summed E-state index contributed by atoms with van der Waals surface area (Å²) in [5, 5.41) is 9.96. The monoisotopic (exact) mass is 289 g/mol. The molecule has 16 heavy (non-hydrogen) atoms. The summed E-state index contributed by atoms with van der Waals surface area (Å²) in [6.07, 6.45) is 0.185. The second-order valence-electron chi connectivity index (χ2n) is 4.10. The number of aliphatic hydroxyl groups excluding tert-OH is 1. The molecule has 1 aromatic carbocycles. The third kappa shape index (κ3) is 3.27. The van der Waals surface area contributed by atoms with Crippen molar-refractivity contribution in [2.45, 2.75) is 32.4 Å². The first kappa shape index (κ1) is 13.6. The van der Waals surface area contributed by atoms with Crippen LogP contribution in [0.15, 0.2) is 22.7 Å². The van der Waals surface area contributed by atoms with E-state index < -0.39 is 12.1 Å². The zero-order valence-corrected chi connectivity index (χ0v) is 11.0. The molecule has 0 aromatic heterocycles. The van der Waals surface area contributed by atoms with Crippen molar-refractivity contribution in [3.8, 4) is 0 Å². The van der Waals surface area contributed by atoms with Crippen LogP contribution < -0.4 is 5.73 Å². The maximum absolute atomic E-state index is 13.2. The average Bonchev–Trinajstić information content (AvgIpc) is 2.24. The van der Waals surface area contributed by atoms with Gasteiger partial charge in [-0.3, -0.25) is 0 Å². The highest BCUT2D eigenvalue weighted by Gasteiger charge is 2.22. The van der Waals surface area contributed by atoms with E-state index in [1.54, 1.807) is 6.07 Å². The van der Waals surface area contributed by atoms with Gasteiger partial charge in [-0.2, -0.15) is 0 Å². The summed E-state index contributed by atoms with van der Waals surface area (Å²) in [6.45, 7) is 3.92. The molecule has 4 heteroatoms. The van der Waals surface area contributed by atoms with E-state index in [0.29, 0.717) is 10.0 Å². The molecule has 0 spiro atoms. The third-order valence-corrected chi connectivity index (χ3v) is 3.32. The van der Waals surface area contributed by atoms with Gasteiger partial charge in [0.25, 0.3) is 0 Å². The molecule has 90 valence electrons. The Kier molecular flexibility index (Phi) is 4.89. The molecular formula is C12H17BrFNO. The lowest BCUT2D eigenvalue weighted by atomic mass is 9.91. The van der Waals surface area contributed by atoms with E-state index in [9.17, 15) is 9.50 Å². The van der Waals surface area contributed by atoms with Gasteiger partial charge < -0.3 is 10.8 Å². The number of aliphatic hydroxyl groups is 1. The highest BCUT2D eigenvalue weighted by atomic mass is 79.9. The van der Waals surface area contributed by atoms with Crippen molar-refractivity contribution in [2.75, 3.05) is 0 Å².